The van der Waals surface area contributed by atoms with Gasteiger partial charge >= 0.3 is 12.0 Å². The number of cyclic esters (lactones) is 1. The van der Waals surface area contributed by atoms with Crippen molar-refractivity contribution in [3.05, 3.63) is 52.1 Å². The fourth-order valence-corrected chi connectivity index (χ4v) is 9.49. The Hall–Kier alpha value is -4.97. The SMILES string of the molecule is CCn1c(-c2cccnc2[C@H](C)OC)c2c3nc(ccc31)-c1csc(n1)C[C@H](NC(=O)[C@H](C(C)C)N(C)C(=O)N1CC(OC)C1)C(=O)N1CCC[C@H](N1)C(=O)OCC(C)(C)C2. The number of aromatic nitrogens is 4. The van der Waals surface area contributed by atoms with Crippen LogP contribution in [0.25, 0.3) is 33.7 Å². The highest BCUT2D eigenvalue weighted by Gasteiger charge is 2.40. The number of esters is 1. The van der Waals surface area contributed by atoms with E-state index >= 15 is 0 Å². The standard InChI is InChI=1S/C44H59N9O7S/c1-10-52-34-16-15-30-33-23-61-35(46-33)19-32(48-40(54)38(25(2)3)50(7)43(57)51-21-27(22-51)59-9)41(55)53-18-12-14-31(49-53)42(56)60-24-44(5,6)20-29(37(34)47-30)39(52)28-13-11-17-45-36(28)26(4)58-8/h11,13,15-17,23,25-27,31-32,38,49H,10,12,14,18-22,24H2,1-9H3,(H,48,54)/t26-,31-,32-,38-/m0/s1. The second kappa shape index (κ2) is 18.2. The molecule has 2 N–H and O–H groups in total. The van der Waals surface area contributed by atoms with E-state index in [9.17, 15) is 19.2 Å². The van der Waals surface area contributed by atoms with Gasteiger partial charge in [0, 0.05) is 68.9 Å². The van der Waals surface area contributed by atoms with E-state index in [0.717, 1.165) is 33.5 Å². The normalized spacial score (nSPS) is 20.8. The first-order valence-corrected chi connectivity index (χ1v) is 22.1. The molecule has 0 unspecified atom stereocenters. The Balaban J connectivity index is 1.29. The maximum absolute atomic E-state index is 14.5. The smallest absolute Gasteiger partial charge is 0.324 e. The van der Waals surface area contributed by atoms with Gasteiger partial charge in [0.15, 0.2) is 0 Å². The van der Waals surface area contributed by atoms with E-state index in [4.69, 9.17) is 29.2 Å². The number of nitrogens with zero attached hydrogens (tertiary/aromatic N) is 7. The van der Waals surface area contributed by atoms with E-state index in [0.29, 0.717) is 61.8 Å². The maximum atomic E-state index is 14.5. The third-order valence-corrected chi connectivity index (χ3v) is 12.9. The fraction of sp³-hybridized carbons (Fsp3) is 0.568. The van der Waals surface area contributed by atoms with Crippen molar-refractivity contribution in [2.24, 2.45) is 11.3 Å². The summed E-state index contributed by atoms with van der Waals surface area (Å²) < 4.78 is 19.5. The lowest BCUT2D eigenvalue weighted by Gasteiger charge is -2.42. The molecule has 7 heterocycles. The van der Waals surface area contributed by atoms with Gasteiger partial charge in [0.1, 0.15) is 18.1 Å². The second-order valence-corrected chi connectivity index (χ2v) is 18.4. The molecule has 328 valence electrons. The Morgan fingerprint density at radius 1 is 1.11 bits per heavy atom. The molecule has 0 aromatic carbocycles. The molecular weight excluding hydrogens is 799 g/mol. The molecule has 7 rings (SSSR count). The van der Waals surface area contributed by atoms with Gasteiger partial charge in [0.2, 0.25) is 5.91 Å². The largest absolute Gasteiger partial charge is 0.464 e. The fourth-order valence-electron chi connectivity index (χ4n) is 8.65. The van der Waals surface area contributed by atoms with E-state index < -0.39 is 41.3 Å². The molecular formula is C44H59N9O7S. The van der Waals surface area contributed by atoms with E-state index in [-0.39, 0.29) is 37.2 Å². The van der Waals surface area contributed by atoms with Crippen LogP contribution in [0.5, 0.6) is 0 Å². The minimum atomic E-state index is -1.07. The summed E-state index contributed by atoms with van der Waals surface area (Å²) >= 11 is 1.38. The molecule has 17 heteroatoms. The van der Waals surface area contributed by atoms with Crippen LogP contribution in [0.3, 0.4) is 0 Å². The highest BCUT2D eigenvalue weighted by Crippen LogP contribution is 2.41. The minimum Gasteiger partial charge on any atom is -0.464 e. The lowest BCUT2D eigenvalue weighted by Crippen LogP contribution is -2.64. The molecule has 0 radical (unpaired) electrons. The molecule has 6 bridgehead atoms. The number of pyridine rings is 2. The number of urea groups is 1. The monoisotopic (exact) mass is 857 g/mol. The molecule has 4 amide bonds. The van der Waals surface area contributed by atoms with Crippen molar-refractivity contribution in [3.63, 3.8) is 0 Å². The predicted octanol–water partition coefficient (Wildman–Crippen LogP) is 5.00. The van der Waals surface area contributed by atoms with Gasteiger partial charge in [-0.15, -0.1) is 11.3 Å². The number of hydrazine groups is 1. The Bertz CT molecular complexity index is 2270. The van der Waals surface area contributed by atoms with Gasteiger partial charge in [-0.3, -0.25) is 24.4 Å². The summed E-state index contributed by atoms with van der Waals surface area (Å²) in [5, 5.41) is 6.96. The van der Waals surface area contributed by atoms with Crippen molar-refractivity contribution < 1.29 is 33.4 Å². The third-order valence-electron chi connectivity index (χ3n) is 12.0. The van der Waals surface area contributed by atoms with E-state index in [1.165, 1.54) is 21.2 Å². The maximum Gasteiger partial charge on any atom is 0.324 e. The van der Waals surface area contributed by atoms with Crippen LogP contribution in [0.2, 0.25) is 0 Å². The molecule has 2 saturated heterocycles. The van der Waals surface area contributed by atoms with Crippen molar-refractivity contribution in [2.45, 2.75) is 104 Å². The first-order valence-electron chi connectivity index (χ1n) is 21.2. The summed E-state index contributed by atoms with van der Waals surface area (Å²) in [5.41, 5.74) is 9.40. The van der Waals surface area contributed by atoms with Gasteiger partial charge in [-0.05, 0) is 63.3 Å². The van der Waals surface area contributed by atoms with Crippen LogP contribution in [0.4, 0.5) is 4.79 Å². The first-order chi connectivity index (χ1) is 29.1. The molecule has 3 aliphatic heterocycles. The van der Waals surface area contributed by atoms with Crippen LogP contribution in [-0.2, 0) is 48.0 Å². The zero-order chi connectivity index (χ0) is 43.7. The topological polar surface area (TPSA) is 173 Å². The summed E-state index contributed by atoms with van der Waals surface area (Å²) in [6.07, 6.45) is 3.09. The lowest BCUT2D eigenvalue weighted by molar-refractivity contribution is -0.155. The average Bonchev–Trinajstić information content (AvgIpc) is 3.82. The predicted molar refractivity (Wildman–Crippen MR) is 231 cm³/mol. The molecule has 4 aromatic heterocycles. The highest BCUT2D eigenvalue weighted by atomic mass is 32.1. The van der Waals surface area contributed by atoms with E-state index in [1.807, 2.05) is 38.3 Å². The summed E-state index contributed by atoms with van der Waals surface area (Å²) in [6.45, 7) is 14.0. The number of hydrogen-bond donors (Lipinski definition) is 2. The molecule has 2 fully saturated rings. The number of hydrogen-bond acceptors (Lipinski definition) is 12. The number of methoxy groups -OCH3 is 2. The van der Waals surface area contributed by atoms with Gasteiger partial charge in [0.05, 0.1) is 70.7 Å². The van der Waals surface area contributed by atoms with Gasteiger partial charge in [-0.25, -0.2) is 20.2 Å². The number of aryl methyl sites for hydroxylation is 1. The quantitative estimate of drug-likeness (QED) is 0.217. The van der Waals surface area contributed by atoms with E-state index in [1.54, 1.807) is 32.4 Å². The van der Waals surface area contributed by atoms with Gasteiger partial charge in [-0.2, -0.15) is 0 Å². The second-order valence-electron chi connectivity index (χ2n) is 17.4. The Labute approximate surface area is 361 Å². The van der Waals surface area contributed by atoms with Gasteiger partial charge in [0.25, 0.3) is 5.91 Å². The zero-order valence-electron chi connectivity index (χ0n) is 36.7. The number of carbonyl (C=O) groups excluding carboxylic acids is 4. The number of thiazole rings is 1. The van der Waals surface area contributed by atoms with Gasteiger partial charge < -0.3 is 33.9 Å². The lowest BCUT2D eigenvalue weighted by atomic mass is 9.85. The third kappa shape index (κ3) is 9.01. The summed E-state index contributed by atoms with van der Waals surface area (Å²) in [7, 11) is 4.89. The number of nitrogens with one attached hydrogen (secondary N) is 2. The van der Waals surface area contributed by atoms with Crippen LogP contribution in [-0.4, -0.2) is 130 Å². The van der Waals surface area contributed by atoms with Crippen molar-refractivity contribution in [1.82, 2.24) is 45.1 Å². The number of likely N-dealkylation sites (tertiary alicyclic amines) is 1. The van der Waals surface area contributed by atoms with Crippen LogP contribution in [0, 0.1) is 11.3 Å². The number of fused-ring (bicyclic) bond motifs is 6. The molecule has 0 aliphatic carbocycles. The zero-order valence-corrected chi connectivity index (χ0v) is 37.5. The summed E-state index contributed by atoms with van der Waals surface area (Å²) in [5.74, 6) is -1.61. The summed E-state index contributed by atoms with van der Waals surface area (Å²) in [4.78, 5) is 74.2. The molecule has 0 spiro atoms. The number of amides is 4. The van der Waals surface area contributed by atoms with Crippen LogP contribution < -0.4 is 10.7 Å². The van der Waals surface area contributed by atoms with Crippen LogP contribution >= 0.6 is 11.3 Å². The van der Waals surface area contributed by atoms with Crippen molar-refractivity contribution in [1.29, 1.82) is 0 Å². The van der Waals surface area contributed by atoms with Crippen molar-refractivity contribution in [3.8, 4) is 22.6 Å². The number of likely N-dealkylation sites (N-methyl/N-ethyl adjacent to an activating group) is 1. The first kappa shape index (κ1) is 44.1. The van der Waals surface area contributed by atoms with Crippen LogP contribution in [0.15, 0.2) is 35.8 Å². The number of rotatable bonds is 9. The molecule has 4 aromatic rings. The average molecular weight is 858 g/mol. The molecule has 61 heavy (non-hydrogen) atoms. The number of ether oxygens (including phenoxy) is 3. The van der Waals surface area contributed by atoms with Gasteiger partial charge in [-0.1, -0.05) is 27.7 Å². The van der Waals surface area contributed by atoms with Crippen molar-refractivity contribution >= 4 is 46.2 Å². The van der Waals surface area contributed by atoms with E-state index in [2.05, 4.69) is 48.2 Å². The molecule has 0 saturated carbocycles. The van der Waals surface area contributed by atoms with Crippen molar-refractivity contribution in [2.75, 3.05) is 47.5 Å². The summed E-state index contributed by atoms with van der Waals surface area (Å²) in [6, 6.07) is 5.04. The molecule has 4 atom stereocenters. The Kier molecular flexibility index (Phi) is 13.1. The number of carbonyl (C=O) groups is 4. The Morgan fingerprint density at radius 2 is 1.89 bits per heavy atom. The highest BCUT2D eigenvalue weighted by molar-refractivity contribution is 7.10. The molecule has 3 aliphatic rings. The Morgan fingerprint density at radius 3 is 2.59 bits per heavy atom. The van der Waals surface area contributed by atoms with Crippen LogP contribution in [0.1, 0.15) is 76.8 Å². The molecule has 16 nitrogen and oxygen atoms in total. The minimum absolute atomic E-state index is 0.0413.